The van der Waals surface area contributed by atoms with Gasteiger partial charge in [-0.15, -0.1) is 11.6 Å². The van der Waals surface area contributed by atoms with E-state index in [4.69, 9.17) is 16.3 Å². The number of imidazole rings is 1. The summed E-state index contributed by atoms with van der Waals surface area (Å²) in [5, 5.41) is 0. The molecular weight excluding hydrogens is 267 g/mol. The summed E-state index contributed by atoms with van der Waals surface area (Å²) >= 11 is 5.92. The molecule has 104 valence electrons. The first kappa shape index (κ1) is 14.3. The highest BCUT2D eigenvalue weighted by Crippen LogP contribution is 2.22. The van der Waals surface area contributed by atoms with Gasteiger partial charge in [0.05, 0.1) is 16.9 Å². The zero-order valence-electron chi connectivity index (χ0n) is 11.2. The zero-order chi connectivity index (χ0) is 13.8. The van der Waals surface area contributed by atoms with Crippen LogP contribution in [0.3, 0.4) is 0 Å². The number of unbranched alkanes of at least 4 members (excludes halogenated alkanes) is 1. The van der Waals surface area contributed by atoms with E-state index in [1.807, 2.05) is 6.07 Å². The van der Waals surface area contributed by atoms with Crippen molar-refractivity contribution in [3.05, 3.63) is 29.3 Å². The average Bonchev–Trinajstić information content (AvgIpc) is 2.73. The Bertz CT molecular complexity index is 568. The van der Waals surface area contributed by atoms with Gasteiger partial charge >= 0.3 is 0 Å². The highest BCUT2D eigenvalue weighted by atomic mass is 35.5. The molecule has 5 heteroatoms. The number of aromatic nitrogens is 2. The summed E-state index contributed by atoms with van der Waals surface area (Å²) < 4.78 is 20.7. The second kappa shape index (κ2) is 6.35. The fourth-order valence-corrected chi connectivity index (χ4v) is 2.37. The first-order valence-electron chi connectivity index (χ1n) is 6.37. The molecule has 0 radical (unpaired) electrons. The Labute approximate surface area is 117 Å². The van der Waals surface area contributed by atoms with Crippen LogP contribution in [-0.4, -0.2) is 23.3 Å². The summed E-state index contributed by atoms with van der Waals surface area (Å²) in [5.41, 5.74) is 2.25. The molecule has 0 fully saturated rings. The van der Waals surface area contributed by atoms with Gasteiger partial charge in [0.25, 0.3) is 0 Å². The van der Waals surface area contributed by atoms with Crippen LogP contribution in [0.25, 0.3) is 11.0 Å². The maximum absolute atomic E-state index is 13.5. The van der Waals surface area contributed by atoms with E-state index in [0.717, 1.165) is 37.3 Å². The van der Waals surface area contributed by atoms with Gasteiger partial charge in [-0.25, -0.2) is 9.37 Å². The van der Waals surface area contributed by atoms with Crippen molar-refractivity contribution >= 4 is 22.6 Å². The Kier molecular flexibility index (Phi) is 4.77. The van der Waals surface area contributed by atoms with Gasteiger partial charge in [0.2, 0.25) is 0 Å². The van der Waals surface area contributed by atoms with Crippen molar-refractivity contribution in [2.45, 2.75) is 32.2 Å². The van der Waals surface area contributed by atoms with E-state index in [9.17, 15) is 4.39 Å². The van der Waals surface area contributed by atoms with Crippen LogP contribution in [0.1, 0.15) is 24.2 Å². The lowest BCUT2D eigenvalue weighted by molar-refractivity contribution is 0.191. The van der Waals surface area contributed by atoms with Crippen molar-refractivity contribution in [3.63, 3.8) is 0 Å². The van der Waals surface area contributed by atoms with E-state index in [1.165, 1.54) is 6.07 Å². The van der Waals surface area contributed by atoms with Gasteiger partial charge in [0.15, 0.2) is 0 Å². The monoisotopic (exact) mass is 284 g/mol. The Hall–Kier alpha value is -1.13. The molecule has 0 saturated carbocycles. The lowest BCUT2D eigenvalue weighted by atomic mass is 10.2. The molecule has 2 aromatic rings. The van der Waals surface area contributed by atoms with E-state index in [0.29, 0.717) is 17.0 Å². The van der Waals surface area contributed by atoms with E-state index in [2.05, 4.69) is 9.55 Å². The summed E-state index contributed by atoms with van der Waals surface area (Å²) in [6, 6.07) is 3.32. The van der Waals surface area contributed by atoms with Crippen LogP contribution in [0.2, 0.25) is 0 Å². The van der Waals surface area contributed by atoms with Crippen LogP contribution in [0.15, 0.2) is 12.1 Å². The number of alkyl halides is 1. The van der Waals surface area contributed by atoms with Gasteiger partial charge in [0.1, 0.15) is 11.6 Å². The zero-order valence-corrected chi connectivity index (χ0v) is 12.0. The average molecular weight is 285 g/mol. The lowest BCUT2D eigenvalue weighted by Gasteiger charge is -2.08. The highest BCUT2D eigenvalue weighted by Gasteiger charge is 2.12. The molecule has 0 N–H and O–H groups in total. The number of benzene rings is 1. The molecule has 0 saturated heterocycles. The molecule has 1 aromatic carbocycles. The third-order valence-electron chi connectivity index (χ3n) is 3.21. The van der Waals surface area contributed by atoms with Gasteiger partial charge in [-0.05, 0) is 31.4 Å². The standard InChI is InChI=1S/C14H18ClFN2O/c1-10-7-13-12(8-11(10)16)17-14(9-15)18(13)5-3-4-6-19-2/h7-8H,3-6,9H2,1-2H3. The van der Waals surface area contributed by atoms with Crippen molar-refractivity contribution in [3.8, 4) is 0 Å². The molecule has 0 aliphatic carbocycles. The lowest BCUT2D eigenvalue weighted by Crippen LogP contribution is -2.04. The Balaban J connectivity index is 2.31. The molecule has 0 unspecified atom stereocenters. The molecular formula is C14H18ClFN2O. The number of hydrogen-bond acceptors (Lipinski definition) is 2. The minimum Gasteiger partial charge on any atom is -0.385 e. The minimum absolute atomic E-state index is 0.224. The fraction of sp³-hybridized carbons (Fsp3) is 0.500. The van der Waals surface area contributed by atoms with Gasteiger partial charge in [-0.1, -0.05) is 0 Å². The number of ether oxygens (including phenoxy) is 1. The van der Waals surface area contributed by atoms with Crippen molar-refractivity contribution in [2.24, 2.45) is 0 Å². The third-order valence-corrected chi connectivity index (χ3v) is 3.45. The van der Waals surface area contributed by atoms with Gasteiger partial charge < -0.3 is 9.30 Å². The minimum atomic E-state index is -0.224. The summed E-state index contributed by atoms with van der Waals surface area (Å²) in [6.45, 7) is 3.33. The SMILES string of the molecule is COCCCCn1c(CCl)nc2cc(F)c(C)cc21. The normalized spacial score (nSPS) is 11.4. The number of methoxy groups -OCH3 is 1. The second-order valence-electron chi connectivity index (χ2n) is 4.60. The molecule has 1 aromatic heterocycles. The van der Waals surface area contributed by atoms with E-state index in [1.54, 1.807) is 14.0 Å². The van der Waals surface area contributed by atoms with E-state index >= 15 is 0 Å². The predicted molar refractivity (Wildman–Crippen MR) is 75.1 cm³/mol. The number of aryl methyl sites for hydroxylation is 2. The quantitative estimate of drug-likeness (QED) is 0.598. The predicted octanol–water partition coefficient (Wildman–Crippen LogP) is 3.65. The molecule has 1 heterocycles. The smallest absolute Gasteiger partial charge is 0.128 e. The van der Waals surface area contributed by atoms with Crippen LogP contribution >= 0.6 is 11.6 Å². The molecule has 0 atom stereocenters. The highest BCUT2D eigenvalue weighted by molar-refractivity contribution is 6.16. The van der Waals surface area contributed by atoms with E-state index in [-0.39, 0.29) is 5.82 Å². The molecule has 19 heavy (non-hydrogen) atoms. The van der Waals surface area contributed by atoms with Gasteiger partial charge in [-0.3, -0.25) is 0 Å². The maximum Gasteiger partial charge on any atom is 0.128 e. The van der Waals surface area contributed by atoms with Crippen molar-refractivity contribution < 1.29 is 9.13 Å². The summed E-state index contributed by atoms with van der Waals surface area (Å²) in [7, 11) is 1.70. The first-order valence-corrected chi connectivity index (χ1v) is 6.91. The van der Waals surface area contributed by atoms with Crippen LogP contribution in [0.4, 0.5) is 4.39 Å². The molecule has 0 bridgehead atoms. The molecule has 2 rings (SSSR count). The van der Waals surface area contributed by atoms with Crippen molar-refractivity contribution in [1.29, 1.82) is 0 Å². The van der Waals surface area contributed by atoms with E-state index < -0.39 is 0 Å². The van der Waals surface area contributed by atoms with Gasteiger partial charge in [0, 0.05) is 26.3 Å². The molecule has 0 aliphatic heterocycles. The van der Waals surface area contributed by atoms with Crippen LogP contribution in [0, 0.1) is 12.7 Å². The summed E-state index contributed by atoms with van der Waals surface area (Å²) in [4.78, 5) is 4.39. The van der Waals surface area contributed by atoms with Crippen LogP contribution in [-0.2, 0) is 17.2 Å². The van der Waals surface area contributed by atoms with Crippen molar-refractivity contribution in [2.75, 3.05) is 13.7 Å². The summed E-state index contributed by atoms with van der Waals surface area (Å²) in [5.74, 6) is 0.899. The third kappa shape index (κ3) is 3.07. The number of fused-ring (bicyclic) bond motifs is 1. The van der Waals surface area contributed by atoms with Crippen LogP contribution in [0.5, 0.6) is 0 Å². The maximum atomic E-state index is 13.5. The van der Waals surface area contributed by atoms with Gasteiger partial charge in [-0.2, -0.15) is 0 Å². The largest absolute Gasteiger partial charge is 0.385 e. The number of hydrogen-bond donors (Lipinski definition) is 0. The molecule has 0 spiro atoms. The first-order chi connectivity index (χ1) is 9.17. The topological polar surface area (TPSA) is 27.1 Å². The van der Waals surface area contributed by atoms with Crippen LogP contribution < -0.4 is 0 Å². The number of halogens is 2. The summed E-state index contributed by atoms with van der Waals surface area (Å²) in [6.07, 6.45) is 1.97. The Morgan fingerprint density at radius 3 is 2.84 bits per heavy atom. The molecule has 3 nitrogen and oxygen atoms in total. The molecule has 0 amide bonds. The number of rotatable bonds is 6. The second-order valence-corrected chi connectivity index (χ2v) is 4.87. The number of nitrogens with zero attached hydrogens (tertiary/aromatic N) is 2. The Morgan fingerprint density at radius 2 is 2.16 bits per heavy atom. The Morgan fingerprint density at radius 1 is 1.37 bits per heavy atom. The fourth-order valence-electron chi connectivity index (χ4n) is 2.17. The molecule has 0 aliphatic rings. The van der Waals surface area contributed by atoms with Crippen molar-refractivity contribution in [1.82, 2.24) is 9.55 Å².